The Balaban J connectivity index is 1.67. The highest BCUT2D eigenvalue weighted by molar-refractivity contribution is 5.89. The van der Waals surface area contributed by atoms with Gasteiger partial charge < -0.3 is 25.9 Å². The van der Waals surface area contributed by atoms with Gasteiger partial charge in [-0.2, -0.15) is 0 Å². The molecule has 0 unspecified atom stereocenters. The molecule has 3 heterocycles. The lowest BCUT2D eigenvalue weighted by Crippen LogP contribution is -2.25. The second-order valence-corrected chi connectivity index (χ2v) is 8.74. The number of hydrogen-bond donors (Lipinski definition) is 3. The second kappa shape index (κ2) is 10.1. The van der Waals surface area contributed by atoms with E-state index >= 15 is 0 Å². The Kier molecular flexibility index (Phi) is 7.00. The molecule has 4 aromatic rings. The highest BCUT2D eigenvalue weighted by Crippen LogP contribution is 2.33. The van der Waals surface area contributed by atoms with Crippen molar-refractivity contribution in [3.63, 3.8) is 0 Å². The van der Waals surface area contributed by atoms with Gasteiger partial charge in [-0.15, -0.1) is 0 Å². The highest BCUT2D eigenvalue weighted by Gasteiger charge is 2.23. The summed E-state index contributed by atoms with van der Waals surface area (Å²) >= 11 is 0. The molecule has 0 bridgehead atoms. The normalized spacial score (nSPS) is 12.4. The molecular formula is C25H29N7O3. The minimum atomic E-state index is -1.19. The van der Waals surface area contributed by atoms with Crippen molar-refractivity contribution in [2.24, 2.45) is 5.73 Å². The summed E-state index contributed by atoms with van der Waals surface area (Å²) < 4.78 is 12.8. The second-order valence-electron chi connectivity index (χ2n) is 8.74. The number of ether oxygens (including phenoxy) is 1. The Labute approximate surface area is 203 Å². The third-order valence-electron chi connectivity index (χ3n) is 5.35. The molecule has 0 saturated carbocycles. The molecule has 0 aliphatic rings. The number of aryl methyl sites for hydroxylation is 1. The van der Waals surface area contributed by atoms with Crippen molar-refractivity contribution in [2.75, 3.05) is 12.3 Å². The Morgan fingerprint density at radius 1 is 1.23 bits per heavy atom. The SMILES string of the molecule is CCn1c(-c2nonc2N)nc2c(C#CC(C)(C)O)ncc(OCC[C@@H](N)Cc3ccccc3)c21. The standard InChI is InChI=1S/C25H29N7O3/c1-4-32-22-19(34-13-11-17(26)14-16-8-6-5-7-9-16)15-28-18(10-12-25(2,3)33)20(22)29-24(32)21-23(27)31-35-30-21/h5-9,15,17,33H,4,11,13-14,26H2,1-3H3,(H2,27,31)/t17-/m1/s1. The third kappa shape index (κ3) is 5.59. The average Bonchev–Trinajstić information content (AvgIpc) is 3.41. The van der Waals surface area contributed by atoms with E-state index in [2.05, 4.69) is 39.3 Å². The van der Waals surface area contributed by atoms with Gasteiger partial charge in [0.05, 0.1) is 12.8 Å². The van der Waals surface area contributed by atoms with Crippen LogP contribution in [0.25, 0.3) is 22.6 Å². The monoisotopic (exact) mass is 475 g/mol. The molecule has 0 fully saturated rings. The van der Waals surface area contributed by atoms with Gasteiger partial charge in [0, 0.05) is 12.6 Å². The number of nitrogens with zero attached hydrogens (tertiary/aromatic N) is 5. The summed E-state index contributed by atoms with van der Waals surface area (Å²) in [5.41, 5.74) is 14.2. The Hall–Kier alpha value is -3.94. The van der Waals surface area contributed by atoms with Gasteiger partial charge in [-0.1, -0.05) is 36.3 Å². The summed E-state index contributed by atoms with van der Waals surface area (Å²) in [6.45, 7) is 6.12. The fourth-order valence-electron chi connectivity index (χ4n) is 3.70. The zero-order valence-corrected chi connectivity index (χ0v) is 20.0. The molecule has 0 saturated heterocycles. The zero-order valence-electron chi connectivity index (χ0n) is 20.0. The van der Waals surface area contributed by atoms with Crippen molar-refractivity contribution in [2.45, 2.75) is 51.8 Å². The predicted octanol–water partition coefficient (Wildman–Crippen LogP) is 2.54. The number of rotatable bonds is 8. The summed E-state index contributed by atoms with van der Waals surface area (Å²) in [4.78, 5) is 9.18. The first-order chi connectivity index (χ1) is 16.8. The topological polar surface area (TPSA) is 151 Å². The highest BCUT2D eigenvalue weighted by atomic mass is 16.6. The molecule has 0 amide bonds. The minimum Gasteiger partial charge on any atom is -0.490 e. The Morgan fingerprint density at radius 2 is 2.00 bits per heavy atom. The van der Waals surface area contributed by atoms with Crippen molar-refractivity contribution < 1.29 is 14.5 Å². The van der Waals surface area contributed by atoms with E-state index in [1.807, 2.05) is 29.7 Å². The minimum absolute atomic E-state index is 0.0505. The van der Waals surface area contributed by atoms with Crippen molar-refractivity contribution in [3.8, 4) is 29.1 Å². The number of benzene rings is 1. The zero-order chi connectivity index (χ0) is 25.0. The summed E-state index contributed by atoms with van der Waals surface area (Å²) in [5, 5.41) is 17.6. The number of anilines is 1. The van der Waals surface area contributed by atoms with Crippen LogP contribution in [0.1, 0.15) is 38.4 Å². The lowest BCUT2D eigenvalue weighted by molar-refractivity contribution is 0.143. The van der Waals surface area contributed by atoms with Crippen LogP contribution in [0.3, 0.4) is 0 Å². The maximum atomic E-state index is 10.1. The van der Waals surface area contributed by atoms with Gasteiger partial charge >= 0.3 is 0 Å². The summed E-state index contributed by atoms with van der Waals surface area (Å²) in [6, 6.07) is 10.1. The van der Waals surface area contributed by atoms with Crippen LogP contribution in [0.5, 0.6) is 5.75 Å². The van der Waals surface area contributed by atoms with Crippen LogP contribution in [-0.4, -0.2) is 48.2 Å². The Morgan fingerprint density at radius 3 is 2.66 bits per heavy atom. The van der Waals surface area contributed by atoms with Crippen molar-refractivity contribution in [3.05, 3.63) is 47.8 Å². The molecule has 10 heteroatoms. The molecule has 1 aromatic carbocycles. The number of aromatic nitrogens is 5. The molecule has 3 aromatic heterocycles. The van der Waals surface area contributed by atoms with E-state index in [0.29, 0.717) is 53.6 Å². The van der Waals surface area contributed by atoms with Gasteiger partial charge in [-0.3, -0.25) is 0 Å². The molecule has 35 heavy (non-hydrogen) atoms. The quantitative estimate of drug-likeness (QED) is 0.326. The van der Waals surface area contributed by atoms with Gasteiger partial charge in [-0.25, -0.2) is 14.6 Å². The molecule has 182 valence electrons. The van der Waals surface area contributed by atoms with Crippen molar-refractivity contribution in [1.29, 1.82) is 0 Å². The van der Waals surface area contributed by atoms with Crippen LogP contribution in [0.15, 0.2) is 41.2 Å². The molecule has 0 aliphatic heterocycles. The summed E-state index contributed by atoms with van der Waals surface area (Å²) in [6.07, 6.45) is 3.03. The van der Waals surface area contributed by atoms with Gasteiger partial charge in [0.1, 0.15) is 22.3 Å². The average molecular weight is 476 g/mol. The van der Waals surface area contributed by atoms with E-state index in [0.717, 1.165) is 6.42 Å². The van der Waals surface area contributed by atoms with E-state index in [4.69, 9.17) is 25.8 Å². The van der Waals surface area contributed by atoms with Gasteiger partial charge in [0.15, 0.2) is 23.1 Å². The molecule has 10 nitrogen and oxygen atoms in total. The van der Waals surface area contributed by atoms with Crippen LogP contribution in [0, 0.1) is 11.8 Å². The molecule has 0 radical (unpaired) electrons. The van der Waals surface area contributed by atoms with Crippen LogP contribution in [0.4, 0.5) is 5.82 Å². The molecule has 4 rings (SSSR count). The van der Waals surface area contributed by atoms with Crippen molar-refractivity contribution in [1.82, 2.24) is 24.8 Å². The fraction of sp³-hybridized carbons (Fsp3) is 0.360. The number of fused-ring (bicyclic) bond motifs is 1. The summed E-state index contributed by atoms with van der Waals surface area (Å²) in [7, 11) is 0. The smallest absolute Gasteiger partial charge is 0.199 e. The third-order valence-corrected chi connectivity index (χ3v) is 5.35. The number of aliphatic hydroxyl groups is 1. The molecule has 5 N–H and O–H groups in total. The van der Waals surface area contributed by atoms with E-state index in [-0.39, 0.29) is 11.9 Å². The largest absolute Gasteiger partial charge is 0.490 e. The van der Waals surface area contributed by atoms with E-state index < -0.39 is 5.60 Å². The van der Waals surface area contributed by atoms with Crippen LogP contribution < -0.4 is 16.2 Å². The van der Waals surface area contributed by atoms with Gasteiger partial charge in [0.25, 0.3) is 0 Å². The molecule has 0 aliphatic carbocycles. The molecular weight excluding hydrogens is 446 g/mol. The lowest BCUT2D eigenvalue weighted by atomic mass is 10.0. The first-order valence-electron chi connectivity index (χ1n) is 11.4. The Bertz CT molecular complexity index is 1360. The first kappa shape index (κ1) is 24.2. The van der Waals surface area contributed by atoms with E-state index in [1.165, 1.54) is 5.56 Å². The number of nitrogen functional groups attached to an aromatic ring is 1. The van der Waals surface area contributed by atoms with Crippen LogP contribution in [0.2, 0.25) is 0 Å². The maximum Gasteiger partial charge on any atom is 0.199 e. The maximum absolute atomic E-state index is 10.1. The van der Waals surface area contributed by atoms with Crippen LogP contribution in [-0.2, 0) is 13.0 Å². The number of pyridine rings is 1. The number of nitrogens with two attached hydrogens (primary N) is 2. The van der Waals surface area contributed by atoms with E-state index in [1.54, 1.807) is 20.0 Å². The number of imidazole rings is 1. The van der Waals surface area contributed by atoms with E-state index in [9.17, 15) is 5.11 Å². The summed E-state index contributed by atoms with van der Waals surface area (Å²) in [5.74, 6) is 6.85. The number of hydrogen-bond acceptors (Lipinski definition) is 9. The molecule has 1 atom stereocenters. The fourth-order valence-corrected chi connectivity index (χ4v) is 3.70. The molecule has 0 spiro atoms. The predicted molar refractivity (Wildman–Crippen MR) is 132 cm³/mol. The first-order valence-corrected chi connectivity index (χ1v) is 11.4. The lowest BCUT2D eigenvalue weighted by Gasteiger charge is -2.14. The van der Waals surface area contributed by atoms with Gasteiger partial charge in [0.2, 0.25) is 0 Å². The van der Waals surface area contributed by atoms with Gasteiger partial charge in [-0.05, 0) is 55.4 Å². The van der Waals surface area contributed by atoms with Crippen molar-refractivity contribution >= 4 is 16.9 Å². The van der Waals surface area contributed by atoms with Crippen LogP contribution >= 0.6 is 0 Å².